The van der Waals surface area contributed by atoms with Crippen molar-refractivity contribution in [3.05, 3.63) is 0 Å². The van der Waals surface area contributed by atoms with Gasteiger partial charge in [-0.05, 0) is 44.1 Å². The third kappa shape index (κ3) is 2.32. The summed E-state index contributed by atoms with van der Waals surface area (Å²) in [4.78, 5) is 0. The molecule has 0 spiro atoms. The van der Waals surface area contributed by atoms with Gasteiger partial charge in [0, 0.05) is 0 Å². The molecule has 0 aromatic heterocycles. The molecule has 0 aliphatic heterocycles. The first-order valence-electron chi connectivity index (χ1n) is 4.33. The van der Waals surface area contributed by atoms with Crippen LogP contribution in [0.25, 0.3) is 0 Å². The SMILES string of the molecule is CSC1(SC)CCC(C)CC1. The van der Waals surface area contributed by atoms with Crippen LogP contribution in [0.1, 0.15) is 32.6 Å². The maximum absolute atomic E-state index is 2.38. The summed E-state index contributed by atoms with van der Waals surface area (Å²) in [5.41, 5.74) is 0. The fourth-order valence-corrected chi connectivity index (χ4v) is 3.65. The molecule has 2 heteroatoms. The smallest absolute Gasteiger partial charge is 0.0605 e. The lowest BCUT2D eigenvalue weighted by Crippen LogP contribution is -2.25. The van der Waals surface area contributed by atoms with Crippen molar-refractivity contribution in [2.45, 2.75) is 36.7 Å². The van der Waals surface area contributed by atoms with Crippen LogP contribution in [0.4, 0.5) is 0 Å². The summed E-state index contributed by atoms with van der Waals surface area (Å²) in [7, 11) is 0. The lowest BCUT2D eigenvalue weighted by atomic mass is 9.90. The highest BCUT2D eigenvalue weighted by atomic mass is 32.2. The Hall–Kier alpha value is 0.700. The Morgan fingerprint density at radius 2 is 1.55 bits per heavy atom. The minimum absolute atomic E-state index is 0.576. The van der Waals surface area contributed by atoms with E-state index in [9.17, 15) is 0 Å². The van der Waals surface area contributed by atoms with Crippen LogP contribution < -0.4 is 0 Å². The minimum atomic E-state index is 0.576. The van der Waals surface area contributed by atoms with Gasteiger partial charge in [-0.15, -0.1) is 23.5 Å². The molecule has 0 bridgehead atoms. The van der Waals surface area contributed by atoms with E-state index in [-0.39, 0.29) is 0 Å². The lowest BCUT2D eigenvalue weighted by Gasteiger charge is -2.36. The van der Waals surface area contributed by atoms with Crippen molar-refractivity contribution in [1.82, 2.24) is 0 Å². The van der Waals surface area contributed by atoms with Crippen LogP contribution in [-0.2, 0) is 0 Å². The third-order valence-electron chi connectivity index (χ3n) is 2.78. The van der Waals surface area contributed by atoms with Crippen molar-refractivity contribution in [3.8, 4) is 0 Å². The molecule has 0 aromatic carbocycles. The van der Waals surface area contributed by atoms with Crippen LogP contribution >= 0.6 is 23.5 Å². The fraction of sp³-hybridized carbons (Fsp3) is 1.00. The summed E-state index contributed by atoms with van der Waals surface area (Å²) in [5, 5.41) is 0. The Balaban J connectivity index is 2.45. The summed E-state index contributed by atoms with van der Waals surface area (Å²) in [6, 6.07) is 0. The van der Waals surface area contributed by atoms with Gasteiger partial charge in [-0.3, -0.25) is 0 Å². The summed E-state index contributed by atoms with van der Waals surface area (Å²) in [6.07, 6.45) is 10.2. The second-order valence-electron chi connectivity index (χ2n) is 3.50. The van der Waals surface area contributed by atoms with E-state index >= 15 is 0 Å². The van der Waals surface area contributed by atoms with E-state index in [1.165, 1.54) is 25.7 Å². The van der Waals surface area contributed by atoms with Crippen molar-refractivity contribution < 1.29 is 0 Å². The zero-order chi connectivity index (χ0) is 8.32. The highest BCUT2D eigenvalue weighted by Crippen LogP contribution is 2.47. The molecule has 0 atom stereocenters. The minimum Gasteiger partial charge on any atom is -0.148 e. The molecule has 66 valence electrons. The second kappa shape index (κ2) is 4.08. The lowest BCUT2D eigenvalue weighted by molar-refractivity contribution is 0.378. The Bertz CT molecular complexity index is 109. The van der Waals surface area contributed by atoms with E-state index in [4.69, 9.17) is 0 Å². The zero-order valence-electron chi connectivity index (χ0n) is 7.72. The standard InChI is InChI=1S/C9H18S2/c1-8-4-6-9(10-2,11-3)7-5-8/h8H,4-7H2,1-3H3. The topological polar surface area (TPSA) is 0 Å². The average Bonchev–Trinajstić information content (AvgIpc) is 2.07. The molecule has 0 saturated heterocycles. The molecule has 1 aliphatic carbocycles. The van der Waals surface area contributed by atoms with Crippen LogP contribution in [0.15, 0.2) is 0 Å². The maximum Gasteiger partial charge on any atom is 0.0605 e. The van der Waals surface area contributed by atoms with Gasteiger partial charge in [0.2, 0.25) is 0 Å². The molecule has 1 saturated carbocycles. The quantitative estimate of drug-likeness (QED) is 0.610. The fourth-order valence-electron chi connectivity index (χ4n) is 1.69. The molecule has 0 radical (unpaired) electrons. The summed E-state index contributed by atoms with van der Waals surface area (Å²) >= 11 is 4.12. The molecule has 0 N–H and O–H groups in total. The van der Waals surface area contributed by atoms with Gasteiger partial charge >= 0.3 is 0 Å². The number of thioether (sulfide) groups is 2. The van der Waals surface area contributed by atoms with E-state index in [0.717, 1.165) is 5.92 Å². The number of rotatable bonds is 2. The molecule has 1 aliphatic rings. The van der Waals surface area contributed by atoms with Crippen molar-refractivity contribution in [1.29, 1.82) is 0 Å². The predicted molar refractivity (Wildman–Crippen MR) is 57.4 cm³/mol. The van der Waals surface area contributed by atoms with Crippen LogP contribution in [0.3, 0.4) is 0 Å². The van der Waals surface area contributed by atoms with Crippen molar-refractivity contribution in [3.63, 3.8) is 0 Å². The van der Waals surface area contributed by atoms with E-state index in [2.05, 4.69) is 43.0 Å². The normalized spacial score (nSPS) is 25.4. The van der Waals surface area contributed by atoms with Gasteiger partial charge < -0.3 is 0 Å². The highest BCUT2D eigenvalue weighted by Gasteiger charge is 2.32. The molecular weight excluding hydrogens is 172 g/mol. The van der Waals surface area contributed by atoms with Gasteiger partial charge in [0.05, 0.1) is 4.08 Å². The second-order valence-corrected chi connectivity index (χ2v) is 6.14. The average molecular weight is 190 g/mol. The molecule has 0 aromatic rings. The van der Waals surface area contributed by atoms with Gasteiger partial charge in [0.1, 0.15) is 0 Å². The van der Waals surface area contributed by atoms with E-state index in [1.54, 1.807) is 0 Å². The van der Waals surface area contributed by atoms with E-state index in [1.807, 2.05) is 0 Å². The van der Waals surface area contributed by atoms with Gasteiger partial charge in [0.15, 0.2) is 0 Å². The van der Waals surface area contributed by atoms with Gasteiger partial charge in [0.25, 0.3) is 0 Å². The Morgan fingerprint density at radius 3 is 1.91 bits per heavy atom. The van der Waals surface area contributed by atoms with Crippen molar-refractivity contribution >= 4 is 23.5 Å². The highest BCUT2D eigenvalue weighted by molar-refractivity contribution is 8.17. The van der Waals surface area contributed by atoms with E-state index < -0.39 is 0 Å². The molecule has 1 fully saturated rings. The molecule has 0 nitrogen and oxygen atoms in total. The summed E-state index contributed by atoms with van der Waals surface area (Å²) < 4.78 is 0.576. The summed E-state index contributed by atoms with van der Waals surface area (Å²) in [6.45, 7) is 2.38. The van der Waals surface area contributed by atoms with E-state index in [0.29, 0.717) is 4.08 Å². The Morgan fingerprint density at radius 1 is 1.09 bits per heavy atom. The number of hydrogen-bond acceptors (Lipinski definition) is 2. The first-order valence-corrected chi connectivity index (χ1v) is 6.78. The molecule has 1 rings (SSSR count). The molecule has 11 heavy (non-hydrogen) atoms. The van der Waals surface area contributed by atoms with Crippen LogP contribution in [0, 0.1) is 5.92 Å². The Labute approximate surface area is 78.9 Å². The zero-order valence-corrected chi connectivity index (χ0v) is 9.36. The largest absolute Gasteiger partial charge is 0.148 e. The Kier molecular flexibility index (Phi) is 3.63. The monoisotopic (exact) mass is 190 g/mol. The van der Waals surface area contributed by atoms with Crippen LogP contribution in [-0.4, -0.2) is 16.6 Å². The van der Waals surface area contributed by atoms with Gasteiger partial charge in [-0.25, -0.2) is 0 Å². The van der Waals surface area contributed by atoms with Crippen LogP contribution in [0.2, 0.25) is 0 Å². The third-order valence-corrected chi connectivity index (χ3v) is 6.08. The molecule has 0 unspecified atom stereocenters. The maximum atomic E-state index is 2.38. The van der Waals surface area contributed by atoms with Crippen molar-refractivity contribution in [2.24, 2.45) is 5.92 Å². The van der Waals surface area contributed by atoms with Crippen molar-refractivity contribution in [2.75, 3.05) is 12.5 Å². The summed E-state index contributed by atoms with van der Waals surface area (Å²) in [5.74, 6) is 0.974. The predicted octanol–water partition coefficient (Wildman–Crippen LogP) is 3.62. The van der Waals surface area contributed by atoms with Gasteiger partial charge in [-0.1, -0.05) is 6.92 Å². The molecule has 0 heterocycles. The molecular formula is C9H18S2. The van der Waals surface area contributed by atoms with Crippen LogP contribution in [0.5, 0.6) is 0 Å². The first kappa shape index (κ1) is 9.79. The van der Waals surface area contributed by atoms with Gasteiger partial charge in [-0.2, -0.15) is 0 Å². The first-order chi connectivity index (χ1) is 5.22. The molecule has 0 amide bonds. The number of hydrogen-bond donors (Lipinski definition) is 0.